The van der Waals surface area contributed by atoms with Crippen molar-refractivity contribution in [3.8, 4) is 0 Å². The van der Waals surface area contributed by atoms with E-state index in [4.69, 9.17) is 23.7 Å². The minimum Gasteiger partial charge on any atom is -0.460 e. The van der Waals surface area contributed by atoms with E-state index in [2.05, 4.69) is 0 Å². The average molecular weight is 330 g/mol. The lowest BCUT2D eigenvalue weighted by atomic mass is 9.82. The zero-order valence-electron chi connectivity index (χ0n) is 14.2. The van der Waals surface area contributed by atoms with Crippen LogP contribution in [-0.4, -0.2) is 57.4 Å². The Bertz CT molecular complexity index is 432. The van der Waals surface area contributed by atoms with Crippen LogP contribution in [0.2, 0.25) is 0 Å². The van der Waals surface area contributed by atoms with Gasteiger partial charge < -0.3 is 23.7 Å². The Morgan fingerprint density at radius 2 is 1.74 bits per heavy atom. The second-order valence-corrected chi connectivity index (χ2v) is 6.07. The maximum atomic E-state index is 12.6. The first kappa shape index (κ1) is 18.3. The summed E-state index contributed by atoms with van der Waals surface area (Å²) in [5.74, 6) is -1.81. The molecule has 7 heteroatoms. The summed E-state index contributed by atoms with van der Waals surface area (Å²) < 4.78 is 27.7. The fourth-order valence-corrected chi connectivity index (χ4v) is 3.36. The van der Waals surface area contributed by atoms with E-state index in [1.165, 1.54) is 21.3 Å². The summed E-state index contributed by atoms with van der Waals surface area (Å²) in [7, 11) is 4.47. The highest BCUT2D eigenvalue weighted by molar-refractivity contribution is 5.82. The third-order valence-electron chi connectivity index (χ3n) is 4.69. The van der Waals surface area contributed by atoms with Crippen molar-refractivity contribution in [2.24, 2.45) is 5.92 Å². The van der Waals surface area contributed by atoms with Crippen LogP contribution in [0.25, 0.3) is 0 Å². The second-order valence-electron chi connectivity index (χ2n) is 6.07. The van der Waals surface area contributed by atoms with Gasteiger partial charge in [0.25, 0.3) is 0 Å². The lowest BCUT2D eigenvalue weighted by Crippen LogP contribution is -2.60. The molecule has 0 aromatic carbocycles. The van der Waals surface area contributed by atoms with Crippen molar-refractivity contribution in [2.75, 3.05) is 21.3 Å². The van der Waals surface area contributed by atoms with Gasteiger partial charge in [-0.2, -0.15) is 0 Å². The number of carbonyl (C=O) groups excluding carboxylic acids is 2. The number of esters is 1. The lowest BCUT2D eigenvalue weighted by Gasteiger charge is -2.47. The van der Waals surface area contributed by atoms with Crippen LogP contribution >= 0.6 is 0 Å². The van der Waals surface area contributed by atoms with Crippen molar-refractivity contribution in [3.63, 3.8) is 0 Å². The summed E-state index contributed by atoms with van der Waals surface area (Å²) in [6, 6.07) is 0. The lowest BCUT2D eigenvalue weighted by molar-refractivity contribution is -0.377. The van der Waals surface area contributed by atoms with Gasteiger partial charge in [0, 0.05) is 40.6 Å². The summed E-state index contributed by atoms with van der Waals surface area (Å²) in [6.07, 6.45) is 0.406. The summed E-state index contributed by atoms with van der Waals surface area (Å²) >= 11 is 0. The molecule has 2 aliphatic heterocycles. The topological polar surface area (TPSA) is 80.3 Å². The number of ketones is 1. The van der Waals surface area contributed by atoms with Crippen LogP contribution in [0, 0.1) is 5.92 Å². The van der Waals surface area contributed by atoms with E-state index in [0.717, 1.165) is 0 Å². The molecule has 0 amide bonds. The Morgan fingerprint density at radius 1 is 1.09 bits per heavy atom. The molecule has 132 valence electrons. The van der Waals surface area contributed by atoms with Gasteiger partial charge in [-0.05, 0) is 19.8 Å². The second kappa shape index (κ2) is 7.70. The van der Waals surface area contributed by atoms with Crippen molar-refractivity contribution in [3.05, 3.63) is 0 Å². The Labute approximate surface area is 136 Å². The van der Waals surface area contributed by atoms with Gasteiger partial charge in [0.1, 0.15) is 18.0 Å². The number of carbonyl (C=O) groups is 2. The SMILES string of the molecule is CO[C@H]1O[C@@H]2[C@H](C)OC(=O)CCCCC(=O)[C@@H]2CC1(OC)OC. The minimum absolute atomic E-state index is 0.0767. The van der Waals surface area contributed by atoms with E-state index in [1.807, 2.05) is 0 Å². The molecule has 4 atom stereocenters. The first-order valence-electron chi connectivity index (χ1n) is 7.98. The summed E-state index contributed by atoms with van der Waals surface area (Å²) in [4.78, 5) is 24.5. The number of methoxy groups -OCH3 is 3. The molecule has 23 heavy (non-hydrogen) atoms. The molecule has 2 fully saturated rings. The molecule has 7 nitrogen and oxygen atoms in total. The monoisotopic (exact) mass is 330 g/mol. The number of hydrogen-bond donors (Lipinski definition) is 0. The van der Waals surface area contributed by atoms with E-state index in [1.54, 1.807) is 6.92 Å². The normalized spacial score (nSPS) is 35.3. The Balaban J connectivity index is 2.30. The third-order valence-corrected chi connectivity index (χ3v) is 4.69. The molecule has 2 heterocycles. The van der Waals surface area contributed by atoms with Crippen molar-refractivity contribution in [2.45, 2.75) is 63.3 Å². The van der Waals surface area contributed by atoms with Gasteiger partial charge in [-0.3, -0.25) is 9.59 Å². The van der Waals surface area contributed by atoms with E-state index in [-0.39, 0.29) is 11.8 Å². The fourth-order valence-electron chi connectivity index (χ4n) is 3.36. The molecule has 0 saturated carbocycles. The maximum absolute atomic E-state index is 12.6. The maximum Gasteiger partial charge on any atom is 0.306 e. The molecule has 0 aromatic rings. The molecule has 2 aliphatic rings. The van der Waals surface area contributed by atoms with Gasteiger partial charge in [0.2, 0.25) is 12.1 Å². The molecule has 0 unspecified atom stereocenters. The van der Waals surface area contributed by atoms with Gasteiger partial charge in [0.15, 0.2) is 0 Å². The smallest absolute Gasteiger partial charge is 0.306 e. The summed E-state index contributed by atoms with van der Waals surface area (Å²) in [5, 5.41) is 0. The van der Waals surface area contributed by atoms with Crippen LogP contribution in [0.15, 0.2) is 0 Å². The Kier molecular flexibility index (Phi) is 6.13. The average Bonchev–Trinajstić information content (AvgIpc) is 2.56. The molecular formula is C16H26O7. The van der Waals surface area contributed by atoms with Crippen molar-refractivity contribution >= 4 is 11.8 Å². The van der Waals surface area contributed by atoms with Crippen LogP contribution in [0.4, 0.5) is 0 Å². The third kappa shape index (κ3) is 3.74. The standard InChI is InChI=1S/C16H26O7/c1-10-14-11(12(17)7-5-6-8-13(18)22-10)9-16(20-3,21-4)15(19-2)23-14/h10-11,14-15H,5-9H2,1-4H3/t10-,11-,14+,15-/m0/s1. The number of fused-ring (bicyclic) bond motifs is 1. The van der Waals surface area contributed by atoms with Gasteiger partial charge in [-0.25, -0.2) is 0 Å². The number of Topliss-reactive ketones (excluding diaryl/α,β-unsaturated/α-hetero) is 1. The summed E-state index contributed by atoms with van der Waals surface area (Å²) in [6.45, 7) is 1.74. The van der Waals surface area contributed by atoms with E-state index >= 15 is 0 Å². The number of rotatable bonds is 3. The van der Waals surface area contributed by atoms with Crippen molar-refractivity contribution in [1.82, 2.24) is 0 Å². The molecule has 0 aromatic heterocycles. The van der Waals surface area contributed by atoms with Gasteiger partial charge in [-0.15, -0.1) is 0 Å². The van der Waals surface area contributed by atoms with Gasteiger partial charge in [0.05, 0.1) is 5.92 Å². The molecule has 2 rings (SSSR count). The molecule has 0 spiro atoms. The minimum atomic E-state index is -1.15. The first-order valence-corrected chi connectivity index (χ1v) is 7.98. The molecule has 0 bridgehead atoms. The molecule has 0 radical (unpaired) electrons. The van der Waals surface area contributed by atoms with Gasteiger partial charge >= 0.3 is 5.97 Å². The molecular weight excluding hydrogens is 304 g/mol. The molecule has 0 N–H and O–H groups in total. The summed E-state index contributed by atoms with van der Waals surface area (Å²) in [5.41, 5.74) is 0. The highest BCUT2D eigenvalue weighted by atomic mass is 16.8. The molecule has 2 saturated heterocycles. The van der Waals surface area contributed by atoms with Crippen LogP contribution in [-0.2, 0) is 33.3 Å². The zero-order chi connectivity index (χ0) is 17.0. The first-order chi connectivity index (χ1) is 11.0. The van der Waals surface area contributed by atoms with Crippen molar-refractivity contribution < 1.29 is 33.3 Å². The largest absolute Gasteiger partial charge is 0.460 e. The fraction of sp³-hybridized carbons (Fsp3) is 0.875. The molecule has 0 aliphatic carbocycles. The van der Waals surface area contributed by atoms with Crippen LogP contribution in [0.1, 0.15) is 39.0 Å². The number of cyclic esters (lactones) is 1. The van der Waals surface area contributed by atoms with E-state index in [0.29, 0.717) is 32.1 Å². The predicted octanol–water partition coefficient (Wildman–Crippen LogP) is 1.43. The Morgan fingerprint density at radius 3 is 2.35 bits per heavy atom. The number of hydrogen-bond acceptors (Lipinski definition) is 7. The van der Waals surface area contributed by atoms with Crippen LogP contribution in [0.5, 0.6) is 0 Å². The highest BCUT2D eigenvalue weighted by Crippen LogP contribution is 2.39. The van der Waals surface area contributed by atoms with Crippen LogP contribution < -0.4 is 0 Å². The highest BCUT2D eigenvalue weighted by Gasteiger charge is 2.54. The van der Waals surface area contributed by atoms with Gasteiger partial charge in [-0.1, -0.05) is 0 Å². The van der Waals surface area contributed by atoms with Crippen LogP contribution in [0.3, 0.4) is 0 Å². The zero-order valence-corrected chi connectivity index (χ0v) is 14.2. The Hall–Kier alpha value is -1.02. The number of ether oxygens (including phenoxy) is 5. The van der Waals surface area contributed by atoms with E-state index < -0.39 is 30.2 Å². The quantitative estimate of drug-likeness (QED) is 0.572. The predicted molar refractivity (Wildman–Crippen MR) is 79.6 cm³/mol. The van der Waals surface area contributed by atoms with E-state index in [9.17, 15) is 9.59 Å². The van der Waals surface area contributed by atoms with Crippen molar-refractivity contribution in [1.29, 1.82) is 0 Å².